The van der Waals surface area contributed by atoms with Gasteiger partial charge in [-0.05, 0) is 32.1 Å². The van der Waals surface area contributed by atoms with Gasteiger partial charge in [-0.3, -0.25) is 0 Å². The third-order valence-corrected chi connectivity index (χ3v) is 4.72. The van der Waals surface area contributed by atoms with Gasteiger partial charge in [0.25, 0.3) is 0 Å². The molecule has 2 aromatic rings. The molecule has 3 heterocycles. The van der Waals surface area contributed by atoms with Crippen molar-refractivity contribution < 1.29 is 4.52 Å². The second kappa shape index (κ2) is 5.66. The predicted octanol–water partition coefficient (Wildman–Crippen LogP) is 2.29. The lowest BCUT2D eigenvalue weighted by molar-refractivity contribution is 0.368. The van der Waals surface area contributed by atoms with E-state index in [0.29, 0.717) is 5.92 Å². The van der Waals surface area contributed by atoms with E-state index in [1.54, 1.807) is 6.33 Å². The van der Waals surface area contributed by atoms with Crippen LogP contribution in [0.15, 0.2) is 10.9 Å². The molecule has 0 N–H and O–H groups in total. The van der Waals surface area contributed by atoms with Crippen LogP contribution >= 0.6 is 0 Å². The molecule has 1 aliphatic carbocycles. The maximum Gasteiger partial charge on any atom is 0.226 e. The summed E-state index contributed by atoms with van der Waals surface area (Å²) in [5.74, 6) is 3.05. The number of hydrogen-bond donors (Lipinski definition) is 0. The molecule has 2 aliphatic rings. The van der Waals surface area contributed by atoms with Crippen LogP contribution in [0, 0.1) is 0 Å². The van der Waals surface area contributed by atoms with Gasteiger partial charge in [-0.1, -0.05) is 12.1 Å². The van der Waals surface area contributed by atoms with Gasteiger partial charge in [0.05, 0.1) is 0 Å². The summed E-state index contributed by atoms with van der Waals surface area (Å²) in [5, 5.41) is 4.17. The Labute approximate surface area is 130 Å². The Morgan fingerprint density at radius 2 is 2.23 bits per heavy atom. The number of hydrogen-bond acceptors (Lipinski definition) is 6. The molecule has 1 aliphatic heterocycles. The van der Waals surface area contributed by atoms with E-state index in [2.05, 4.69) is 25.0 Å². The van der Waals surface area contributed by atoms with Crippen LogP contribution in [0.5, 0.6) is 0 Å². The molecular weight excluding hydrogens is 278 g/mol. The molecule has 0 bridgehead atoms. The van der Waals surface area contributed by atoms with Crippen LogP contribution < -0.4 is 4.90 Å². The normalized spacial score (nSPS) is 21.1. The SMILES string of the molecule is CCc1nc([C@@H]2CCCN(c3ncnc4c3CCC4)C2)no1. The summed E-state index contributed by atoms with van der Waals surface area (Å²) in [4.78, 5) is 15.9. The molecule has 1 fully saturated rings. The molecule has 4 rings (SSSR count). The van der Waals surface area contributed by atoms with Gasteiger partial charge in [-0.25, -0.2) is 9.97 Å². The Kier molecular flexibility index (Phi) is 3.52. The van der Waals surface area contributed by atoms with E-state index in [9.17, 15) is 0 Å². The minimum Gasteiger partial charge on any atom is -0.356 e. The van der Waals surface area contributed by atoms with Crippen molar-refractivity contribution in [1.29, 1.82) is 0 Å². The number of piperidine rings is 1. The predicted molar refractivity (Wildman–Crippen MR) is 81.9 cm³/mol. The van der Waals surface area contributed by atoms with E-state index >= 15 is 0 Å². The summed E-state index contributed by atoms with van der Waals surface area (Å²) in [6.45, 7) is 4.01. The van der Waals surface area contributed by atoms with Crippen molar-refractivity contribution in [2.45, 2.75) is 51.4 Å². The molecule has 0 unspecified atom stereocenters. The minimum atomic E-state index is 0.338. The minimum absolute atomic E-state index is 0.338. The van der Waals surface area contributed by atoms with Gasteiger partial charge in [0.15, 0.2) is 5.82 Å². The van der Waals surface area contributed by atoms with Gasteiger partial charge in [0.1, 0.15) is 12.1 Å². The average molecular weight is 299 g/mol. The molecule has 1 atom stereocenters. The van der Waals surface area contributed by atoms with Gasteiger partial charge in [0.2, 0.25) is 5.89 Å². The monoisotopic (exact) mass is 299 g/mol. The van der Waals surface area contributed by atoms with E-state index in [0.717, 1.165) is 62.7 Å². The summed E-state index contributed by atoms with van der Waals surface area (Å²) >= 11 is 0. The van der Waals surface area contributed by atoms with E-state index < -0.39 is 0 Å². The third kappa shape index (κ3) is 2.36. The fourth-order valence-corrected chi connectivity index (χ4v) is 3.57. The fraction of sp³-hybridized carbons (Fsp3) is 0.625. The van der Waals surface area contributed by atoms with Crippen molar-refractivity contribution >= 4 is 5.82 Å². The van der Waals surface area contributed by atoms with E-state index in [1.807, 2.05) is 6.92 Å². The van der Waals surface area contributed by atoms with Crippen molar-refractivity contribution in [3.05, 3.63) is 29.3 Å². The highest BCUT2D eigenvalue weighted by Crippen LogP contribution is 2.32. The van der Waals surface area contributed by atoms with Crippen LogP contribution in [-0.4, -0.2) is 33.2 Å². The molecule has 22 heavy (non-hydrogen) atoms. The lowest BCUT2D eigenvalue weighted by Crippen LogP contribution is -2.36. The van der Waals surface area contributed by atoms with Crippen molar-refractivity contribution in [1.82, 2.24) is 20.1 Å². The molecule has 0 saturated carbocycles. The molecule has 0 spiro atoms. The first-order chi connectivity index (χ1) is 10.8. The summed E-state index contributed by atoms with van der Waals surface area (Å²) in [6.07, 6.45) is 8.16. The highest BCUT2D eigenvalue weighted by Gasteiger charge is 2.28. The molecular formula is C16H21N5O. The zero-order valence-electron chi connectivity index (χ0n) is 13.0. The highest BCUT2D eigenvalue weighted by molar-refractivity contribution is 5.51. The Bertz CT molecular complexity index is 668. The Hall–Kier alpha value is -1.98. The largest absolute Gasteiger partial charge is 0.356 e. The first kappa shape index (κ1) is 13.7. The van der Waals surface area contributed by atoms with E-state index in [-0.39, 0.29) is 0 Å². The number of nitrogens with zero attached hydrogens (tertiary/aromatic N) is 5. The molecule has 6 heteroatoms. The van der Waals surface area contributed by atoms with Crippen LogP contribution in [0.1, 0.15) is 55.1 Å². The van der Waals surface area contributed by atoms with Crippen LogP contribution in [0.25, 0.3) is 0 Å². The van der Waals surface area contributed by atoms with Crippen LogP contribution in [-0.2, 0) is 19.3 Å². The quantitative estimate of drug-likeness (QED) is 0.866. The van der Waals surface area contributed by atoms with Gasteiger partial charge in [-0.2, -0.15) is 4.98 Å². The Morgan fingerprint density at radius 1 is 1.27 bits per heavy atom. The lowest BCUT2D eigenvalue weighted by atomic mass is 9.97. The number of rotatable bonds is 3. The van der Waals surface area contributed by atoms with Crippen molar-refractivity contribution in [3.8, 4) is 0 Å². The fourth-order valence-electron chi connectivity index (χ4n) is 3.57. The molecule has 1 saturated heterocycles. The first-order valence-electron chi connectivity index (χ1n) is 8.25. The van der Waals surface area contributed by atoms with Gasteiger partial charge in [-0.15, -0.1) is 0 Å². The summed E-state index contributed by atoms with van der Waals surface area (Å²) < 4.78 is 5.28. The molecule has 2 aromatic heterocycles. The van der Waals surface area contributed by atoms with Crippen molar-refractivity contribution in [3.63, 3.8) is 0 Å². The van der Waals surface area contributed by atoms with Crippen molar-refractivity contribution in [2.75, 3.05) is 18.0 Å². The number of fused-ring (bicyclic) bond motifs is 1. The van der Waals surface area contributed by atoms with E-state index in [1.165, 1.54) is 17.7 Å². The summed E-state index contributed by atoms with van der Waals surface area (Å²) in [5.41, 5.74) is 2.59. The molecule has 0 amide bonds. The molecule has 0 aromatic carbocycles. The second-order valence-electron chi connectivity index (χ2n) is 6.16. The molecule has 116 valence electrons. The van der Waals surface area contributed by atoms with Crippen LogP contribution in [0.3, 0.4) is 0 Å². The van der Waals surface area contributed by atoms with Gasteiger partial charge < -0.3 is 9.42 Å². The topological polar surface area (TPSA) is 67.9 Å². The maximum atomic E-state index is 5.28. The van der Waals surface area contributed by atoms with Crippen LogP contribution in [0.2, 0.25) is 0 Å². The standard InChI is InChI=1S/C16H21N5O/c1-2-14-19-15(20-22-14)11-5-4-8-21(9-11)16-12-6-3-7-13(12)17-10-18-16/h10-11H,2-9H2,1H3/t11-/m1/s1. The van der Waals surface area contributed by atoms with Crippen molar-refractivity contribution in [2.24, 2.45) is 0 Å². The van der Waals surface area contributed by atoms with Crippen LogP contribution in [0.4, 0.5) is 5.82 Å². The third-order valence-electron chi connectivity index (χ3n) is 4.72. The van der Waals surface area contributed by atoms with Gasteiger partial charge >= 0.3 is 0 Å². The Balaban J connectivity index is 1.57. The Morgan fingerprint density at radius 3 is 3.09 bits per heavy atom. The lowest BCUT2D eigenvalue weighted by Gasteiger charge is -2.33. The average Bonchev–Trinajstić information content (AvgIpc) is 3.23. The number of anilines is 1. The number of aryl methyl sites for hydroxylation is 2. The summed E-state index contributed by atoms with van der Waals surface area (Å²) in [6, 6.07) is 0. The van der Waals surface area contributed by atoms with E-state index in [4.69, 9.17) is 4.52 Å². The molecule has 0 radical (unpaired) electrons. The molecule has 6 nitrogen and oxygen atoms in total. The zero-order chi connectivity index (χ0) is 14.9. The van der Waals surface area contributed by atoms with Gasteiger partial charge in [0, 0.05) is 36.7 Å². The first-order valence-corrected chi connectivity index (χ1v) is 8.25. The smallest absolute Gasteiger partial charge is 0.226 e. The number of aromatic nitrogens is 4. The summed E-state index contributed by atoms with van der Waals surface area (Å²) in [7, 11) is 0. The zero-order valence-corrected chi connectivity index (χ0v) is 13.0. The second-order valence-corrected chi connectivity index (χ2v) is 6.16. The highest BCUT2D eigenvalue weighted by atomic mass is 16.5. The maximum absolute atomic E-state index is 5.28.